The Hall–Kier alpha value is 0.0600. The third-order valence-corrected chi connectivity index (χ3v) is 4.72. The minimum absolute atomic E-state index is 0.795. The molecule has 1 heterocycles. The molecular formula is C10H6BrIOS. The van der Waals surface area contributed by atoms with Gasteiger partial charge in [-0.2, -0.15) is 0 Å². The SMILES string of the molecule is O=Cc1cc(I)cc2cc(CBr)sc12. The molecule has 0 radical (unpaired) electrons. The van der Waals surface area contributed by atoms with E-state index in [0.717, 1.165) is 25.4 Å². The highest BCUT2D eigenvalue weighted by Crippen LogP contribution is 2.30. The predicted octanol–water partition coefficient (Wildman–Crippen LogP) is 4.21. The maximum atomic E-state index is 10.9. The molecule has 0 saturated heterocycles. The number of carbonyl (C=O) groups is 1. The van der Waals surface area contributed by atoms with Crippen LogP contribution in [0.15, 0.2) is 18.2 Å². The Bertz CT molecular complexity index is 492. The van der Waals surface area contributed by atoms with E-state index < -0.39 is 0 Å². The lowest BCUT2D eigenvalue weighted by Gasteiger charge is -1.95. The number of fused-ring (bicyclic) bond motifs is 1. The molecule has 1 aromatic heterocycles. The predicted molar refractivity (Wildman–Crippen MR) is 72.6 cm³/mol. The van der Waals surface area contributed by atoms with E-state index in [1.165, 1.54) is 10.3 Å². The molecule has 2 aromatic rings. The molecule has 2 rings (SSSR count). The van der Waals surface area contributed by atoms with E-state index in [1.54, 1.807) is 11.3 Å². The van der Waals surface area contributed by atoms with Crippen LogP contribution in [0.4, 0.5) is 0 Å². The molecule has 0 bridgehead atoms. The Kier molecular flexibility index (Phi) is 3.23. The summed E-state index contributed by atoms with van der Waals surface area (Å²) in [5.74, 6) is 0. The van der Waals surface area contributed by atoms with Crippen molar-refractivity contribution in [2.45, 2.75) is 5.33 Å². The summed E-state index contributed by atoms with van der Waals surface area (Å²) in [5, 5.41) is 2.01. The fourth-order valence-electron chi connectivity index (χ4n) is 1.35. The van der Waals surface area contributed by atoms with Gasteiger partial charge < -0.3 is 0 Å². The lowest BCUT2D eigenvalue weighted by molar-refractivity contribution is 0.112. The molecule has 14 heavy (non-hydrogen) atoms. The number of hydrogen-bond acceptors (Lipinski definition) is 2. The molecule has 1 nitrogen and oxygen atoms in total. The second-order valence-electron chi connectivity index (χ2n) is 2.88. The number of hydrogen-bond donors (Lipinski definition) is 0. The zero-order valence-electron chi connectivity index (χ0n) is 7.09. The lowest BCUT2D eigenvalue weighted by atomic mass is 10.2. The fraction of sp³-hybridized carbons (Fsp3) is 0.100. The van der Waals surface area contributed by atoms with Crippen LogP contribution in [0.5, 0.6) is 0 Å². The van der Waals surface area contributed by atoms with Crippen LogP contribution in [-0.4, -0.2) is 6.29 Å². The second kappa shape index (κ2) is 4.28. The number of halogens is 2. The average Bonchev–Trinajstić information content (AvgIpc) is 2.59. The normalized spacial score (nSPS) is 10.7. The zero-order chi connectivity index (χ0) is 10.1. The van der Waals surface area contributed by atoms with Crippen molar-refractivity contribution in [2.75, 3.05) is 0 Å². The molecule has 0 spiro atoms. The molecule has 0 aliphatic rings. The first-order valence-corrected chi connectivity index (χ1v) is 6.99. The van der Waals surface area contributed by atoms with Gasteiger partial charge >= 0.3 is 0 Å². The summed E-state index contributed by atoms with van der Waals surface area (Å²) in [4.78, 5) is 12.1. The Morgan fingerprint density at radius 2 is 2.21 bits per heavy atom. The molecular weight excluding hydrogens is 375 g/mol. The van der Waals surface area contributed by atoms with E-state index in [2.05, 4.69) is 50.7 Å². The van der Waals surface area contributed by atoms with Gasteiger partial charge in [0.25, 0.3) is 0 Å². The molecule has 72 valence electrons. The maximum absolute atomic E-state index is 10.9. The quantitative estimate of drug-likeness (QED) is 0.433. The third kappa shape index (κ3) is 1.87. The van der Waals surface area contributed by atoms with Crippen molar-refractivity contribution in [3.05, 3.63) is 32.2 Å². The highest BCUT2D eigenvalue weighted by molar-refractivity contribution is 14.1. The fourth-order valence-corrected chi connectivity index (χ4v) is 3.49. The van der Waals surface area contributed by atoms with Crippen molar-refractivity contribution >= 4 is 66.2 Å². The van der Waals surface area contributed by atoms with Crippen molar-refractivity contribution in [3.8, 4) is 0 Å². The minimum Gasteiger partial charge on any atom is -0.298 e. The van der Waals surface area contributed by atoms with E-state index >= 15 is 0 Å². The molecule has 0 N–H and O–H groups in total. The van der Waals surface area contributed by atoms with Crippen molar-refractivity contribution in [3.63, 3.8) is 0 Å². The Labute approximate surface area is 108 Å². The van der Waals surface area contributed by atoms with Gasteiger partial charge in [-0.3, -0.25) is 4.79 Å². The monoisotopic (exact) mass is 380 g/mol. The summed E-state index contributed by atoms with van der Waals surface area (Å²) in [6, 6.07) is 6.15. The van der Waals surface area contributed by atoms with Gasteiger partial charge in [-0.25, -0.2) is 0 Å². The molecule has 0 fully saturated rings. The van der Waals surface area contributed by atoms with E-state index in [4.69, 9.17) is 0 Å². The smallest absolute Gasteiger partial charge is 0.151 e. The van der Waals surface area contributed by atoms with Gasteiger partial charge in [0.1, 0.15) is 0 Å². The van der Waals surface area contributed by atoms with Gasteiger partial charge in [-0.05, 0) is 46.2 Å². The van der Waals surface area contributed by atoms with Crippen molar-refractivity contribution in [1.29, 1.82) is 0 Å². The Morgan fingerprint density at radius 1 is 1.43 bits per heavy atom. The van der Waals surface area contributed by atoms with Gasteiger partial charge in [0, 0.05) is 24.0 Å². The summed E-state index contributed by atoms with van der Waals surface area (Å²) < 4.78 is 2.20. The topological polar surface area (TPSA) is 17.1 Å². The molecule has 4 heteroatoms. The molecule has 0 unspecified atom stereocenters. The van der Waals surface area contributed by atoms with E-state index in [0.29, 0.717) is 0 Å². The van der Waals surface area contributed by atoms with Crippen LogP contribution in [0.1, 0.15) is 15.2 Å². The molecule has 0 aliphatic carbocycles. The first-order valence-electron chi connectivity index (χ1n) is 3.97. The number of benzene rings is 1. The van der Waals surface area contributed by atoms with Gasteiger partial charge in [0.05, 0.1) is 0 Å². The van der Waals surface area contributed by atoms with Gasteiger partial charge in [-0.1, -0.05) is 15.9 Å². The summed E-state index contributed by atoms with van der Waals surface area (Å²) >= 11 is 7.33. The van der Waals surface area contributed by atoms with E-state index in [1.807, 2.05) is 6.07 Å². The zero-order valence-corrected chi connectivity index (χ0v) is 11.6. The Balaban J connectivity index is 2.77. The molecule has 1 aromatic carbocycles. The Morgan fingerprint density at radius 3 is 2.86 bits per heavy atom. The van der Waals surface area contributed by atoms with Crippen molar-refractivity contribution < 1.29 is 4.79 Å². The largest absolute Gasteiger partial charge is 0.298 e. The second-order valence-corrected chi connectivity index (χ2v) is 5.82. The number of thiophene rings is 1. The average molecular weight is 381 g/mol. The molecule has 0 saturated carbocycles. The van der Waals surface area contributed by atoms with Crippen LogP contribution >= 0.6 is 49.9 Å². The van der Waals surface area contributed by atoms with Crippen LogP contribution in [0.3, 0.4) is 0 Å². The summed E-state index contributed by atoms with van der Waals surface area (Å²) in [6.07, 6.45) is 0.930. The van der Waals surface area contributed by atoms with Crippen LogP contribution < -0.4 is 0 Å². The summed E-state index contributed by atoms with van der Waals surface area (Å²) in [5.41, 5.74) is 0.795. The van der Waals surface area contributed by atoms with E-state index in [-0.39, 0.29) is 0 Å². The van der Waals surface area contributed by atoms with Crippen molar-refractivity contribution in [1.82, 2.24) is 0 Å². The number of alkyl halides is 1. The number of aldehydes is 1. The highest BCUT2D eigenvalue weighted by atomic mass is 127. The van der Waals surface area contributed by atoms with E-state index in [9.17, 15) is 4.79 Å². The first-order chi connectivity index (χ1) is 6.74. The first kappa shape index (κ1) is 10.6. The molecule has 0 amide bonds. The summed E-state index contributed by atoms with van der Waals surface area (Å²) in [7, 11) is 0. The highest BCUT2D eigenvalue weighted by Gasteiger charge is 2.06. The van der Waals surface area contributed by atoms with Crippen LogP contribution in [0, 0.1) is 3.57 Å². The maximum Gasteiger partial charge on any atom is 0.151 e. The minimum atomic E-state index is 0.795. The van der Waals surface area contributed by atoms with Crippen LogP contribution in [-0.2, 0) is 5.33 Å². The van der Waals surface area contributed by atoms with Crippen LogP contribution in [0.25, 0.3) is 10.1 Å². The van der Waals surface area contributed by atoms with Crippen molar-refractivity contribution in [2.24, 2.45) is 0 Å². The lowest BCUT2D eigenvalue weighted by Crippen LogP contribution is -1.80. The van der Waals surface area contributed by atoms with Crippen LogP contribution in [0.2, 0.25) is 0 Å². The van der Waals surface area contributed by atoms with Gasteiger partial charge in [0.2, 0.25) is 0 Å². The standard InChI is InChI=1S/C10H6BrIOS/c11-4-9-3-6-1-8(12)2-7(5-13)10(6)14-9/h1-3,5H,4H2. The van der Waals surface area contributed by atoms with Gasteiger partial charge in [0.15, 0.2) is 6.29 Å². The van der Waals surface area contributed by atoms with Gasteiger partial charge in [-0.15, -0.1) is 11.3 Å². The number of carbonyl (C=O) groups excluding carboxylic acids is 1. The molecule has 0 aliphatic heterocycles. The summed E-state index contributed by atoms with van der Waals surface area (Å²) in [6.45, 7) is 0. The third-order valence-electron chi connectivity index (χ3n) is 1.92. The molecule has 0 atom stereocenters. The number of rotatable bonds is 2.